The smallest absolute Gasteiger partial charge is 0.128 e. The molecule has 0 spiro atoms. The Labute approximate surface area is 98.0 Å². The first-order chi connectivity index (χ1) is 7.16. The van der Waals surface area contributed by atoms with Crippen molar-refractivity contribution in [3.8, 4) is 0 Å². The topological polar surface area (TPSA) is 26.0 Å². The molecule has 0 saturated heterocycles. The standard InChI is InChI=1S/C12H15BrFN/c13-9-4-5-11(14)10(7-9)12(15)6-3-8-1-2-8/h4-5,7-8,12H,1-3,6,15H2. The Balaban J connectivity index is 2.02. The van der Waals surface area contributed by atoms with Crippen molar-refractivity contribution in [1.82, 2.24) is 0 Å². The summed E-state index contributed by atoms with van der Waals surface area (Å²) >= 11 is 3.33. The van der Waals surface area contributed by atoms with Gasteiger partial charge in [-0.15, -0.1) is 0 Å². The van der Waals surface area contributed by atoms with E-state index in [2.05, 4.69) is 15.9 Å². The van der Waals surface area contributed by atoms with Crippen molar-refractivity contribution < 1.29 is 4.39 Å². The first kappa shape index (κ1) is 11.1. The fourth-order valence-corrected chi connectivity index (χ4v) is 2.15. The van der Waals surface area contributed by atoms with E-state index in [-0.39, 0.29) is 11.9 Å². The predicted molar refractivity (Wildman–Crippen MR) is 63.0 cm³/mol. The average molecular weight is 272 g/mol. The number of halogens is 2. The predicted octanol–water partition coefficient (Wildman–Crippen LogP) is 3.78. The average Bonchev–Trinajstić information content (AvgIpc) is 3.02. The van der Waals surface area contributed by atoms with Gasteiger partial charge in [-0.1, -0.05) is 28.8 Å². The van der Waals surface area contributed by atoms with Gasteiger partial charge in [0.15, 0.2) is 0 Å². The molecule has 1 unspecified atom stereocenters. The lowest BCUT2D eigenvalue weighted by atomic mass is 10.0. The van der Waals surface area contributed by atoms with Crippen LogP contribution in [0.5, 0.6) is 0 Å². The van der Waals surface area contributed by atoms with Gasteiger partial charge in [-0.25, -0.2) is 4.39 Å². The molecule has 1 aliphatic rings. The Morgan fingerprint density at radius 3 is 2.87 bits per heavy atom. The van der Waals surface area contributed by atoms with Crippen LogP contribution in [0.15, 0.2) is 22.7 Å². The van der Waals surface area contributed by atoms with Crippen molar-refractivity contribution in [2.45, 2.75) is 31.7 Å². The highest BCUT2D eigenvalue weighted by atomic mass is 79.9. The first-order valence-corrected chi connectivity index (χ1v) is 6.16. The zero-order valence-corrected chi connectivity index (χ0v) is 10.1. The molecule has 3 heteroatoms. The van der Waals surface area contributed by atoms with E-state index >= 15 is 0 Å². The lowest BCUT2D eigenvalue weighted by Crippen LogP contribution is -2.12. The summed E-state index contributed by atoms with van der Waals surface area (Å²) < 4.78 is 14.3. The van der Waals surface area contributed by atoms with Gasteiger partial charge in [0.2, 0.25) is 0 Å². The number of hydrogen-bond acceptors (Lipinski definition) is 1. The van der Waals surface area contributed by atoms with Crippen LogP contribution in [-0.2, 0) is 0 Å². The van der Waals surface area contributed by atoms with Gasteiger partial charge in [0.1, 0.15) is 5.82 Å². The Kier molecular flexibility index (Phi) is 3.42. The van der Waals surface area contributed by atoms with Crippen molar-refractivity contribution in [1.29, 1.82) is 0 Å². The summed E-state index contributed by atoms with van der Waals surface area (Å²) in [5.74, 6) is 0.660. The van der Waals surface area contributed by atoms with E-state index in [9.17, 15) is 4.39 Å². The Bertz CT molecular complexity index is 349. The van der Waals surface area contributed by atoms with E-state index in [0.717, 1.165) is 23.2 Å². The van der Waals surface area contributed by atoms with Crippen molar-refractivity contribution >= 4 is 15.9 Å². The van der Waals surface area contributed by atoms with Crippen molar-refractivity contribution in [2.75, 3.05) is 0 Å². The summed E-state index contributed by atoms with van der Waals surface area (Å²) in [5.41, 5.74) is 6.61. The summed E-state index contributed by atoms with van der Waals surface area (Å²) in [6.45, 7) is 0. The second-order valence-electron chi connectivity index (χ2n) is 4.29. The SMILES string of the molecule is NC(CCC1CC1)c1cc(Br)ccc1F. The second kappa shape index (κ2) is 4.62. The maximum absolute atomic E-state index is 13.5. The van der Waals surface area contributed by atoms with E-state index in [0.29, 0.717) is 5.56 Å². The first-order valence-electron chi connectivity index (χ1n) is 5.37. The maximum atomic E-state index is 13.5. The highest BCUT2D eigenvalue weighted by Gasteiger charge is 2.22. The quantitative estimate of drug-likeness (QED) is 0.886. The molecule has 1 aromatic rings. The fraction of sp³-hybridized carbons (Fsp3) is 0.500. The zero-order valence-electron chi connectivity index (χ0n) is 8.55. The van der Waals surface area contributed by atoms with Gasteiger partial charge < -0.3 is 5.73 Å². The molecule has 0 heterocycles. The molecule has 0 aliphatic heterocycles. The largest absolute Gasteiger partial charge is 0.324 e. The molecule has 0 bridgehead atoms. The Hall–Kier alpha value is -0.410. The van der Waals surface area contributed by atoms with Crippen molar-refractivity contribution in [2.24, 2.45) is 11.7 Å². The van der Waals surface area contributed by atoms with E-state index in [1.807, 2.05) is 0 Å². The molecule has 0 aromatic heterocycles. The van der Waals surface area contributed by atoms with Crippen molar-refractivity contribution in [3.05, 3.63) is 34.1 Å². The minimum absolute atomic E-state index is 0.164. The van der Waals surface area contributed by atoms with Gasteiger partial charge in [-0.2, -0.15) is 0 Å². The van der Waals surface area contributed by atoms with Crippen LogP contribution in [0.25, 0.3) is 0 Å². The molecule has 1 saturated carbocycles. The van der Waals surface area contributed by atoms with Crippen LogP contribution in [0.1, 0.15) is 37.3 Å². The van der Waals surface area contributed by atoms with Crippen LogP contribution in [0.3, 0.4) is 0 Å². The van der Waals surface area contributed by atoms with Gasteiger partial charge >= 0.3 is 0 Å². The molecular formula is C12H15BrFN. The van der Waals surface area contributed by atoms with E-state index < -0.39 is 0 Å². The normalized spacial score (nSPS) is 17.8. The molecule has 15 heavy (non-hydrogen) atoms. The van der Waals surface area contributed by atoms with Crippen LogP contribution in [0, 0.1) is 11.7 Å². The van der Waals surface area contributed by atoms with Crippen molar-refractivity contribution in [3.63, 3.8) is 0 Å². The van der Waals surface area contributed by atoms with Gasteiger partial charge in [-0.05, 0) is 37.0 Å². The van der Waals surface area contributed by atoms with Crippen LogP contribution in [0.2, 0.25) is 0 Å². The molecule has 1 nitrogen and oxygen atoms in total. The van der Waals surface area contributed by atoms with Gasteiger partial charge in [-0.3, -0.25) is 0 Å². The highest BCUT2D eigenvalue weighted by molar-refractivity contribution is 9.10. The number of rotatable bonds is 4. The molecule has 0 amide bonds. The van der Waals surface area contributed by atoms with Gasteiger partial charge in [0.05, 0.1) is 0 Å². The summed E-state index contributed by atoms with van der Waals surface area (Å²) in [7, 11) is 0. The number of nitrogens with two attached hydrogens (primary N) is 1. The molecule has 2 rings (SSSR count). The minimum Gasteiger partial charge on any atom is -0.324 e. The molecule has 1 aliphatic carbocycles. The molecule has 82 valence electrons. The third-order valence-electron chi connectivity index (χ3n) is 2.94. The lowest BCUT2D eigenvalue weighted by Gasteiger charge is -2.12. The summed E-state index contributed by atoms with van der Waals surface area (Å²) in [6.07, 6.45) is 4.67. The fourth-order valence-electron chi connectivity index (χ4n) is 1.78. The van der Waals surface area contributed by atoms with E-state index in [4.69, 9.17) is 5.73 Å². The Morgan fingerprint density at radius 2 is 2.20 bits per heavy atom. The summed E-state index contributed by atoms with van der Waals surface area (Å²) in [4.78, 5) is 0. The Morgan fingerprint density at radius 1 is 1.47 bits per heavy atom. The molecular weight excluding hydrogens is 257 g/mol. The van der Waals surface area contributed by atoms with E-state index in [1.165, 1.54) is 18.9 Å². The van der Waals surface area contributed by atoms with Crippen LogP contribution in [0.4, 0.5) is 4.39 Å². The molecule has 2 N–H and O–H groups in total. The zero-order chi connectivity index (χ0) is 10.8. The minimum atomic E-state index is -0.193. The molecule has 1 atom stereocenters. The molecule has 1 aromatic carbocycles. The van der Waals surface area contributed by atoms with E-state index in [1.54, 1.807) is 12.1 Å². The third kappa shape index (κ3) is 3.02. The second-order valence-corrected chi connectivity index (χ2v) is 5.21. The van der Waals surface area contributed by atoms with Gasteiger partial charge in [0.25, 0.3) is 0 Å². The lowest BCUT2D eigenvalue weighted by molar-refractivity contribution is 0.534. The molecule has 0 radical (unpaired) electrons. The summed E-state index contributed by atoms with van der Waals surface area (Å²) in [6, 6.07) is 4.79. The number of hydrogen-bond donors (Lipinski definition) is 1. The third-order valence-corrected chi connectivity index (χ3v) is 3.43. The van der Waals surface area contributed by atoms with Crippen LogP contribution < -0.4 is 5.73 Å². The highest BCUT2D eigenvalue weighted by Crippen LogP contribution is 2.35. The summed E-state index contributed by atoms with van der Waals surface area (Å²) in [5, 5.41) is 0. The van der Waals surface area contributed by atoms with Crippen LogP contribution in [-0.4, -0.2) is 0 Å². The molecule has 1 fully saturated rings. The van der Waals surface area contributed by atoms with Gasteiger partial charge in [0, 0.05) is 16.1 Å². The monoisotopic (exact) mass is 271 g/mol. The maximum Gasteiger partial charge on any atom is 0.128 e. The number of benzene rings is 1. The van der Waals surface area contributed by atoms with Crippen LogP contribution >= 0.6 is 15.9 Å².